The largest absolute Gasteiger partial charge is 0.573 e. The van der Waals surface area contributed by atoms with Gasteiger partial charge < -0.3 is 25.3 Å². The summed E-state index contributed by atoms with van der Waals surface area (Å²) in [5, 5.41) is 5.77. The van der Waals surface area contributed by atoms with Crippen molar-refractivity contribution < 1.29 is 31.9 Å². The number of benzene rings is 3. The van der Waals surface area contributed by atoms with Crippen molar-refractivity contribution in [3.05, 3.63) is 99.7 Å². The van der Waals surface area contributed by atoms with Crippen LogP contribution in [0.15, 0.2) is 71.7 Å². The van der Waals surface area contributed by atoms with Gasteiger partial charge in [0.1, 0.15) is 11.6 Å². The van der Waals surface area contributed by atoms with Gasteiger partial charge >= 0.3 is 6.36 Å². The number of hydrogen-bond acceptors (Lipinski definition) is 5. The molecule has 1 aromatic heterocycles. The molecule has 0 aliphatic rings. The molecule has 4 rings (SSSR count). The van der Waals surface area contributed by atoms with E-state index in [-0.39, 0.29) is 53.4 Å². The van der Waals surface area contributed by atoms with Crippen molar-refractivity contribution in [1.29, 1.82) is 0 Å². The Labute approximate surface area is 251 Å². The molecule has 1 heterocycles. The van der Waals surface area contributed by atoms with Crippen molar-refractivity contribution in [2.24, 2.45) is 0 Å². The maximum Gasteiger partial charge on any atom is 0.573 e. The third-order valence-electron chi connectivity index (χ3n) is 7.22. The van der Waals surface area contributed by atoms with E-state index in [0.29, 0.717) is 12.1 Å². The molecule has 0 saturated carbocycles. The van der Waals surface area contributed by atoms with Gasteiger partial charge in [0.2, 0.25) is 11.8 Å². The highest BCUT2D eigenvalue weighted by Gasteiger charge is 2.32. The number of nitrogens with one attached hydrogen (secondary N) is 3. The van der Waals surface area contributed by atoms with Crippen LogP contribution in [0.1, 0.15) is 42.4 Å². The van der Waals surface area contributed by atoms with Crippen molar-refractivity contribution in [2.75, 3.05) is 24.2 Å². The molecular formula is C32H32F4N4O4. The van der Waals surface area contributed by atoms with E-state index in [4.69, 9.17) is 0 Å². The number of alkyl halides is 3. The first-order valence-corrected chi connectivity index (χ1v) is 13.8. The number of rotatable bonds is 11. The predicted molar refractivity (Wildman–Crippen MR) is 160 cm³/mol. The van der Waals surface area contributed by atoms with E-state index in [1.807, 2.05) is 38.1 Å². The summed E-state index contributed by atoms with van der Waals surface area (Å²) < 4.78 is 57.5. The lowest BCUT2D eigenvalue weighted by Crippen LogP contribution is -2.32. The van der Waals surface area contributed by atoms with Gasteiger partial charge in [-0.05, 0) is 66.8 Å². The van der Waals surface area contributed by atoms with Crippen molar-refractivity contribution in [1.82, 2.24) is 9.88 Å². The Hall–Kier alpha value is -4.87. The van der Waals surface area contributed by atoms with Gasteiger partial charge in [-0.2, -0.15) is 0 Å². The summed E-state index contributed by atoms with van der Waals surface area (Å²) in [4.78, 5) is 41.1. The second kappa shape index (κ2) is 13.6. The topological polar surface area (TPSA) is 104 Å². The summed E-state index contributed by atoms with van der Waals surface area (Å²) in [5.41, 5.74) is 2.42. The van der Waals surface area contributed by atoms with Crippen LogP contribution in [0.3, 0.4) is 0 Å². The van der Waals surface area contributed by atoms with Crippen LogP contribution in [0.4, 0.5) is 28.9 Å². The first-order valence-electron chi connectivity index (χ1n) is 13.8. The molecule has 0 radical (unpaired) electrons. The molecule has 8 nitrogen and oxygen atoms in total. The number of likely N-dealkylation sites (N-methyl/N-ethyl adjacent to an activating group) is 1. The molecule has 2 amide bonds. The molecule has 3 N–H and O–H groups in total. The number of anilines is 2. The SMILES string of the molecule is Cc1ccccc1[C@@H](C)CCC(=O)Nc1ccc(OC(F)(F)F)c(CN(C)C(=O)CNc2ccc3c(F)c[nH]c(=O)c3c2)c1. The van der Waals surface area contributed by atoms with Crippen molar-refractivity contribution in [2.45, 2.75) is 45.5 Å². The van der Waals surface area contributed by atoms with Crippen LogP contribution >= 0.6 is 0 Å². The molecule has 232 valence electrons. The number of hydrogen-bond donors (Lipinski definition) is 3. The van der Waals surface area contributed by atoms with Gasteiger partial charge in [0.15, 0.2) is 0 Å². The number of carbonyl (C=O) groups is 2. The summed E-state index contributed by atoms with van der Waals surface area (Å²) in [5.74, 6) is -1.77. The minimum absolute atomic E-state index is 0.0250. The van der Waals surface area contributed by atoms with E-state index in [9.17, 15) is 31.9 Å². The predicted octanol–water partition coefficient (Wildman–Crippen LogP) is 6.47. The van der Waals surface area contributed by atoms with Crippen LogP contribution in [-0.4, -0.2) is 41.7 Å². The third-order valence-corrected chi connectivity index (χ3v) is 7.22. The summed E-state index contributed by atoms with van der Waals surface area (Å²) >= 11 is 0. The van der Waals surface area contributed by atoms with E-state index < -0.39 is 29.4 Å². The molecule has 4 aromatic rings. The number of carbonyl (C=O) groups excluding carboxylic acids is 2. The highest BCUT2D eigenvalue weighted by atomic mass is 19.4. The highest BCUT2D eigenvalue weighted by Crippen LogP contribution is 2.30. The number of halogens is 4. The molecule has 44 heavy (non-hydrogen) atoms. The second-order valence-electron chi connectivity index (χ2n) is 10.5. The van der Waals surface area contributed by atoms with Gasteiger partial charge in [-0.3, -0.25) is 14.4 Å². The lowest BCUT2D eigenvalue weighted by atomic mass is 9.92. The summed E-state index contributed by atoms with van der Waals surface area (Å²) in [6.45, 7) is 3.50. The number of H-pyrrole nitrogens is 1. The molecule has 0 bridgehead atoms. The zero-order chi connectivity index (χ0) is 32.0. The standard InChI is InChI=1S/C32H32F4N4O4/c1-19-6-4-5-7-24(19)20(2)8-13-29(41)39-23-10-12-28(44-32(34,35)36)21(14-23)18-40(3)30(42)17-37-22-9-11-25-26(15-22)31(43)38-16-27(25)33/h4-7,9-12,14-16,20,37H,8,13,17-18H2,1-3H3,(H,38,43)(H,39,41)/t20-/m0/s1. The average Bonchev–Trinajstić information content (AvgIpc) is 2.97. The first-order chi connectivity index (χ1) is 20.8. The molecular weight excluding hydrogens is 580 g/mol. The van der Waals surface area contributed by atoms with E-state index in [1.165, 1.54) is 42.3 Å². The number of ether oxygens (including phenoxy) is 1. The smallest absolute Gasteiger partial charge is 0.405 e. The van der Waals surface area contributed by atoms with Crippen LogP contribution in [0.25, 0.3) is 10.8 Å². The summed E-state index contributed by atoms with van der Waals surface area (Å²) in [6, 6.07) is 15.9. The zero-order valence-corrected chi connectivity index (χ0v) is 24.3. The maximum atomic E-state index is 14.0. The Morgan fingerprint density at radius 2 is 1.75 bits per heavy atom. The molecule has 0 aliphatic carbocycles. The van der Waals surface area contributed by atoms with E-state index in [1.54, 1.807) is 0 Å². The highest BCUT2D eigenvalue weighted by molar-refractivity contribution is 5.91. The number of fused-ring (bicyclic) bond motifs is 1. The van der Waals surface area contributed by atoms with E-state index in [2.05, 4.69) is 20.4 Å². The lowest BCUT2D eigenvalue weighted by Gasteiger charge is -2.21. The van der Waals surface area contributed by atoms with Gasteiger partial charge in [0.25, 0.3) is 5.56 Å². The molecule has 3 aromatic carbocycles. The van der Waals surface area contributed by atoms with Gasteiger partial charge in [0.05, 0.1) is 11.9 Å². The number of aromatic nitrogens is 1. The minimum atomic E-state index is -4.97. The molecule has 0 fully saturated rings. The number of aryl methyl sites for hydroxylation is 1. The Balaban J connectivity index is 1.41. The molecule has 1 atom stereocenters. The number of amides is 2. The quantitative estimate of drug-likeness (QED) is 0.169. The monoisotopic (exact) mass is 612 g/mol. The fourth-order valence-electron chi connectivity index (χ4n) is 4.86. The lowest BCUT2D eigenvalue weighted by molar-refractivity contribution is -0.275. The Morgan fingerprint density at radius 1 is 1.02 bits per heavy atom. The zero-order valence-electron chi connectivity index (χ0n) is 24.3. The van der Waals surface area contributed by atoms with Crippen LogP contribution in [0, 0.1) is 12.7 Å². The van der Waals surface area contributed by atoms with Crippen molar-refractivity contribution in [3.8, 4) is 5.75 Å². The summed E-state index contributed by atoms with van der Waals surface area (Å²) in [7, 11) is 1.40. The first kappa shape index (κ1) is 32.1. The van der Waals surface area contributed by atoms with Gasteiger partial charge in [0, 0.05) is 48.5 Å². The van der Waals surface area contributed by atoms with Crippen molar-refractivity contribution in [3.63, 3.8) is 0 Å². The molecule has 0 spiro atoms. The van der Waals surface area contributed by atoms with Crippen molar-refractivity contribution >= 4 is 34.0 Å². The fraction of sp³-hybridized carbons (Fsp3) is 0.281. The minimum Gasteiger partial charge on any atom is -0.405 e. The number of nitrogens with zero attached hydrogens (tertiary/aromatic N) is 1. The fourth-order valence-corrected chi connectivity index (χ4v) is 4.86. The van der Waals surface area contributed by atoms with E-state index >= 15 is 0 Å². The molecule has 12 heteroatoms. The van der Waals surface area contributed by atoms with Crippen LogP contribution < -0.4 is 20.9 Å². The van der Waals surface area contributed by atoms with E-state index in [0.717, 1.165) is 23.4 Å². The number of pyridine rings is 1. The van der Waals surface area contributed by atoms with Crippen LogP contribution in [0.2, 0.25) is 0 Å². The average molecular weight is 613 g/mol. The van der Waals surface area contributed by atoms with Gasteiger partial charge in [-0.25, -0.2) is 4.39 Å². The van der Waals surface area contributed by atoms with Crippen LogP contribution in [-0.2, 0) is 16.1 Å². The molecule has 0 unspecified atom stereocenters. The van der Waals surface area contributed by atoms with Gasteiger partial charge in [-0.15, -0.1) is 13.2 Å². The Kier molecular flexibility index (Phi) is 9.92. The maximum absolute atomic E-state index is 14.0. The normalized spacial score (nSPS) is 12.1. The Morgan fingerprint density at radius 3 is 2.48 bits per heavy atom. The van der Waals surface area contributed by atoms with Crippen LogP contribution in [0.5, 0.6) is 5.75 Å². The second-order valence-corrected chi connectivity index (χ2v) is 10.5. The molecule has 0 aliphatic heterocycles. The molecule has 0 saturated heterocycles. The Bertz CT molecular complexity index is 1720. The van der Waals surface area contributed by atoms with Gasteiger partial charge in [-0.1, -0.05) is 31.2 Å². The third kappa shape index (κ3) is 8.36. The summed E-state index contributed by atoms with van der Waals surface area (Å²) in [6.07, 6.45) is -3.24. The number of aromatic amines is 1.